The molecular weight excluding hydrogens is 470 g/mol. The maximum absolute atomic E-state index is 13.0. The molecule has 5 rings (SSSR count). The number of hydrogen-bond acceptors (Lipinski definition) is 8. The highest BCUT2D eigenvalue weighted by Gasteiger charge is 2.20. The molecule has 0 fully saturated rings. The zero-order chi connectivity index (χ0) is 24.4. The molecule has 1 aliphatic rings. The lowest BCUT2D eigenvalue weighted by molar-refractivity contribution is -0.115. The molecule has 0 bridgehead atoms. The third-order valence-corrected chi connectivity index (χ3v) is 6.38. The maximum Gasteiger partial charge on any atom is 0.300 e. The van der Waals surface area contributed by atoms with Crippen LogP contribution in [0.1, 0.15) is 13.8 Å². The molecule has 35 heavy (non-hydrogen) atoms. The lowest BCUT2D eigenvalue weighted by Gasteiger charge is -2.19. The number of nitrogens with one attached hydrogen (secondary N) is 1. The predicted octanol–water partition coefficient (Wildman–Crippen LogP) is 3.17. The number of rotatable bonds is 7. The van der Waals surface area contributed by atoms with E-state index in [1.165, 1.54) is 16.3 Å². The molecule has 3 heterocycles. The second-order valence-corrected chi connectivity index (χ2v) is 8.99. The summed E-state index contributed by atoms with van der Waals surface area (Å²) in [5, 5.41) is 11.0. The molecule has 180 valence electrons. The topological polar surface area (TPSA) is 109 Å². The van der Waals surface area contributed by atoms with Crippen molar-refractivity contribution < 1.29 is 19.0 Å². The van der Waals surface area contributed by atoms with Crippen LogP contribution in [0.25, 0.3) is 11.3 Å². The molecule has 11 heteroatoms. The molecule has 0 aliphatic carbocycles. The van der Waals surface area contributed by atoms with Crippen molar-refractivity contribution in [3.05, 3.63) is 65.2 Å². The van der Waals surface area contributed by atoms with Crippen LogP contribution in [0.4, 0.5) is 5.69 Å². The Morgan fingerprint density at radius 1 is 1.11 bits per heavy atom. The Morgan fingerprint density at radius 2 is 1.89 bits per heavy atom. The minimum absolute atomic E-state index is 0.170. The summed E-state index contributed by atoms with van der Waals surface area (Å²) in [6, 6.07) is 12.5. The van der Waals surface area contributed by atoms with Crippen LogP contribution < -0.4 is 25.1 Å². The van der Waals surface area contributed by atoms with Gasteiger partial charge in [0.05, 0.1) is 11.9 Å². The van der Waals surface area contributed by atoms with E-state index in [0.29, 0.717) is 47.9 Å². The molecule has 2 aromatic heterocycles. The van der Waals surface area contributed by atoms with Crippen LogP contribution in [0.15, 0.2) is 64.8 Å². The number of aromatic nitrogens is 4. The standard InChI is InChI=1S/C24H23N5O5S/c1-3-32-18-7-5-17(6-8-18)28-10-11-29-21(23(28)31)26-27-24(29)35-15(2)22(30)25-16-4-9-19-20(14-16)34-13-12-33-19/h4-11,14-15H,3,12-13H2,1-2H3,(H,25,30). The number of ether oxygens (including phenoxy) is 3. The van der Waals surface area contributed by atoms with Gasteiger partial charge < -0.3 is 19.5 Å². The van der Waals surface area contributed by atoms with E-state index in [-0.39, 0.29) is 17.1 Å². The van der Waals surface area contributed by atoms with Crippen LogP contribution in [0.2, 0.25) is 0 Å². The fourth-order valence-electron chi connectivity index (χ4n) is 3.60. The van der Waals surface area contributed by atoms with Gasteiger partial charge in [-0.3, -0.25) is 18.6 Å². The molecule has 2 aromatic carbocycles. The van der Waals surface area contributed by atoms with Crippen LogP contribution in [-0.4, -0.2) is 50.1 Å². The minimum Gasteiger partial charge on any atom is -0.494 e. The lowest BCUT2D eigenvalue weighted by atomic mass is 10.2. The largest absolute Gasteiger partial charge is 0.494 e. The summed E-state index contributed by atoms with van der Waals surface area (Å²) in [4.78, 5) is 25.8. The molecule has 0 spiro atoms. The number of anilines is 1. The summed E-state index contributed by atoms with van der Waals surface area (Å²) in [5.74, 6) is 1.77. The third kappa shape index (κ3) is 4.67. The Morgan fingerprint density at radius 3 is 2.66 bits per heavy atom. The van der Waals surface area contributed by atoms with Crippen molar-refractivity contribution in [1.29, 1.82) is 0 Å². The van der Waals surface area contributed by atoms with Gasteiger partial charge in [-0.15, -0.1) is 10.2 Å². The first-order valence-electron chi connectivity index (χ1n) is 11.1. The smallest absolute Gasteiger partial charge is 0.300 e. The molecule has 1 N–H and O–H groups in total. The van der Waals surface area contributed by atoms with Gasteiger partial charge in [0.1, 0.15) is 19.0 Å². The molecule has 4 aromatic rings. The van der Waals surface area contributed by atoms with E-state index in [4.69, 9.17) is 14.2 Å². The monoisotopic (exact) mass is 493 g/mol. The molecule has 1 aliphatic heterocycles. The van der Waals surface area contributed by atoms with Gasteiger partial charge in [0.15, 0.2) is 16.7 Å². The Kier molecular flexibility index (Phi) is 6.32. The number of fused-ring (bicyclic) bond motifs is 2. The lowest BCUT2D eigenvalue weighted by Crippen LogP contribution is -2.23. The molecular formula is C24H23N5O5S. The van der Waals surface area contributed by atoms with E-state index < -0.39 is 5.25 Å². The highest BCUT2D eigenvalue weighted by molar-refractivity contribution is 8.00. The summed E-state index contributed by atoms with van der Waals surface area (Å²) >= 11 is 1.21. The first-order valence-corrected chi connectivity index (χ1v) is 12.0. The normalized spacial score (nSPS) is 13.4. The Hall–Kier alpha value is -3.99. The zero-order valence-corrected chi connectivity index (χ0v) is 19.9. The van der Waals surface area contributed by atoms with Gasteiger partial charge in [-0.1, -0.05) is 11.8 Å². The maximum atomic E-state index is 13.0. The SMILES string of the molecule is CCOc1ccc(-n2ccn3c(SC(C)C(=O)Nc4ccc5c(c4)OCCO5)nnc3c2=O)cc1. The van der Waals surface area contributed by atoms with E-state index in [9.17, 15) is 9.59 Å². The number of amides is 1. The number of carbonyl (C=O) groups excluding carboxylic acids is 1. The van der Waals surface area contributed by atoms with Crippen LogP contribution in [0.3, 0.4) is 0 Å². The van der Waals surface area contributed by atoms with Crippen molar-refractivity contribution in [1.82, 2.24) is 19.2 Å². The van der Waals surface area contributed by atoms with E-state index in [0.717, 1.165) is 5.75 Å². The van der Waals surface area contributed by atoms with Crippen LogP contribution in [-0.2, 0) is 4.79 Å². The molecule has 1 atom stereocenters. The minimum atomic E-state index is -0.496. The second kappa shape index (κ2) is 9.71. The Balaban J connectivity index is 1.31. The van der Waals surface area contributed by atoms with E-state index in [1.54, 1.807) is 54.0 Å². The molecule has 0 radical (unpaired) electrons. The predicted molar refractivity (Wildman–Crippen MR) is 131 cm³/mol. The first-order chi connectivity index (χ1) is 17.0. The highest BCUT2D eigenvalue weighted by atomic mass is 32.2. The summed E-state index contributed by atoms with van der Waals surface area (Å²) in [6.45, 7) is 5.22. The van der Waals surface area contributed by atoms with E-state index in [1.807, 2.05) is 19.1 Å². The van der Waals surface area contributed by atoms with Crippen LogP contribution in [0.5, 0.6) is 17.2 Å². The van der Waals surface area contributed by atoms with Gasteiger partial charge in [0, 0.05) is 29.8 Å². The van der Waals surface area contributed by atoms with Crippen LogP contribution in [0, 0.1) is 0 Å². The molecule has 1 amide bonds. The summed E-state index contributed by atoms with van der Waals surface area (Å²) in [5.41, 5.74) is 1.15. The number of benzene rings is 2. The van der Waals surface area contributed by atoms with Gasteiger partial charge >= 0.3 is 5.56 Å². The Labute approximate surface area is 204 Å². The third-order valence-electron chi connectivity index (χ3n) is 5.33. The van der Waals surface area contributed by atoms with Gasteiger partial charge in [-0.2, -0.15) is 0 Å². The van der Waals surface area contributed by atoms with Crippen molar-refractivity contribution in [3.8, 4) is 22.9 Å². The average Bonchev–Trinajstić information content (AvgIpc) is 3.28. The van der Waals surface area contributed by atoms with E-state index >= 15 is 0 Å². The number of nitrogens with zero attached hydrogens (tertiary/aromatic N) is 4. The molecule has 0 saturated heterocycles. The van der Waals surface area contributed by atoms with Crippen LogP contribution >= 0.6 is 11.8 Å². The van der Waals surface area contributed by atoms with Gasteiger partial charge in [-0.05, 0) is 50.2 Å². The van der Waals surface area contributed by atoms with Gasteiger partial charge in [0.25, 0.3) is 0 Å². The summed E-state index contributed by atoms with van der Waals surface area (Å²) < 4.78 is 19.6. The number of hydrogen-bond donors (Lipinski definition) is 1. The van der Waals surface area contributed by atoms with Crippen molar-refractivity contribution in [2.24, 2.45) is 0 Å². The first kappa shape index (κ1) is 22.8. The fraction of sp³-hybridized carbons (Fsp3) is 0.250. The average molecular weight is 494 g/mol. The fourth-order valence-corrected chi connectivity index (χ4v) is 4.43. The van der Waals surface area contributed by atoms with Crippen molar-refractivity contribution in [3.63, 3.8) is 0 Å². The molecule has 0 saturated carbocycles. The van der Waals surface area contributed by atoms with Crippen molar-refractivity contribution >= 4 is 29.0 Å². The molecule has 10 nitrogen and oxygen atoms in total. The quantitative estimate of drug-likeness (QED) is 0.391. The Bertz CT molecular complexity index is 1430. The van der Waals surface area contributed by atoms with E-state index in [2.05, 4.69) is 15.5 Å². The highest BCUT2D eigenvalue weighted by Crippen LogP contribution is 2.33. The van der Waals surface area contributed by atoms with Crippen molar-refractivity contribution in [2.75, 3.05) is 25.1 Å². The van der Waals surface area contributed by atoms with Crippen molar-refractivity contribution in [2.45, 2.75) is 24.3 Å². The zero-order valence-electron chi connectivity index (χ0n) is 19.1. The number of thioether (sulfide) groups is 1. The van der Waals surface area contributed by atoms with Gasteiger partial charge in [-0.25, -0.2) is 0 Å². The summed E-state index contributed by atoms with van der Waals surface area (Å²) in [7, 11) is 0. The van der Waals surface area contributed by atoms with Gasteiger partial charge in [0.2, 0.25) is 11.6 Å². The molecule has 1 unspecified atom stereocenters. The second-order valence-electron chi connectivity index (χ2n) is 7.68. The number of carbonyl (C=O) groups is 1. The summed E-state index contributed by atoms with van der Waals surface area (Å²) in [6.07, 6.45) is 3.36.